The second kappa shape index (κ2) is 7.51. The van der Waals surface area contributed by atoms with Gasteiger partial charge in [0.15, 0.2) is 0 Å². The number of hydrogen-bond acceptors (Lipinski definition) is 4. The van der Waals surface area contributed by atoms with Gasteiger partial charge in [0, 0.05) is 37.9 Å². The largest absolute Gasteiger partial charge is 0.353 e. The summed E-state index contributed by atoms with van der Waals surface area (Å²) in [6.45, 7) is 1.10. The molecule has 6 nitrogen and oxygen atoms in total. The molecule has 3 fully saturated rings. The number of nitrogens with zero attached hydrogens (tertiary/aromatic N) is 2. The summed E-state index contributed by atoms with van der Waals surface area (Å²) >= 11 is 0. The summed E-state index contributed by atoms with van der Waals surface area (Å²) in [5.41, 5.74) is 0.0351. The Morgan fingerprint density at radius 1 is 1.26 bits per heavy atom. The first kappa shape index (κ1) is 18.9. The van der Waals surface area contributed by atoms with Gasteiger partial charge in [-0.2, -0.15) is 4.31 Å². The molecule has 3 aliphatic rings. The van der Waals surface area contributed by atoms with Crippen LogP contribution >= 0.6 is 0 Å². The number of hydrogen-bond donors (Lipinski definition) is 1. The summed E-state index contributed by atoms with van der Waals surface area (Å²) in [6, 6.07) is 3.66. The van der Waals surface area contributed by atoms with E-state index in [0.29, 0.717) is 25.6 Å². The topological polar surface area (TPSA) is 79.4 Å². The molecule has 1 N–H and O–H groups in total. The minimum absolute atomic E-state index is 0.0351. The van der Waals surface area contributed by atoms with Crippen molar-refractivity contribution in [2.45, 2.75) is 68.7 Å². The molecule has 2 aliphatic carbocycles. The monoisotopic (exact) mass is 391 g/mol. The zero-order valence-electron chi connectivity index (χ0n) is 15.8. The zero-order chi connectivity index (χ0) is 18.9. The van der Waals surface area contributed by atoms with Crippen molar-refractivity contribution in [3.63, 3.8) is 0 Å². The van der Waals surface area contributed by atoms with Crippen molar-refractivity contribution in [3.8, 4) is 0 Å². The number of rotatable bonds is 6. The molecule has 1 aromatic rings. The lowest BCUT2D eigenvalue weighted by Crippen LogP contribution is -2.35. The second-order valence-electron chi connectivity index (χ2n) is 8.49. The van der Waals surface area contributed by atoms with Crippen LogP contribution in [0.2, 0.25) is 0 Å². The Balaban J connectivity index is 1.49. The second-order valence-corrected chi connectivity index (χ2v) is 10.4. The third-order valence-corrected chi connectivity index (χ3v) is 8.36. The number of amides is 1. The smallest absolute Gasteiger partial charge is 0.244 e. The highest BCUT2D eigenvalue weighted by molar-refractivity contribution is 7.89. The van der Waals surface area contributed by atoms with Crippen LogP contribution in [0.5, 0.6) is 0 Å². The first-order chi connectivity index (χ1) is 13.0. The van der Waals surface area contributed by atoms with Crippen LogP contribution in [0.3, 0.4) is 0 Å². The number of carbonyl (C=O) groups is 1. The molecule has 1 spiro atoms. The minimum Gasteiger partial charge on any atom is -0.353 e. The third kappa shape index (κ3) is 4.04. The highest BCUT2D eigenvalue weighted by atomic mass is 32.2. The number of sulfonamides is 1. The zero-order valence-corrected chi connectivity index (χ0v) is 16.6. The maximum atomic E-state index is 13.1. The van der Waals surface area contributed by atoms with E-state index >= 15 is 0 Å². The summed E-state index contributed by atoms with van der Waals surface area (Å²) in [5, 5.41) is 3.06. The fourth-order valence-electron chi connectivity index (χ4n) is 4.87. The summed E-state index contributed by atoms with van der Waals surface area (Å²) in [5.74, 6) is 0.381. The molecule has 2 heterocycles. The van der Waals surface area contributed by atoms with Gasteiger partial charge >= 0.3 is 0 Å². The van der Waals surface area contributed by atoms with E-state index in [1.807, 2.05) is 0 Å². The molecule has 0 aromatic carbocycles. The summed E-state index contributed by atoms with van der Waals surface area (Å²) in [6.07, 6.45) is 12.2. The Labute approximate surface area is 161 Å². The van der Waals surface area contributed by atoms with E-state index in [0.717, 1.165) is 44.9 Å². The van der Waals surface area contributed by atoms with E-state index in [2.05, 4.69) is 10.3 Å². The summed E-state index contributed by atoms with van der Waals surface area (Å²) in [4.78, 5) is 16.4. The van der Waals surface area contributed by atoms with E-state index in [1.54, 1.807) is 22.6 Å². The van der Waals surface area contributed by atoms with Crippen LogP contribution in [0.1, 0.15) is 57.8 Å². The van der Waals surface area contributed by atoms with Crippen molar-refractivity contribution in [2.75, 3.05) is 13.1 Å². The van der Waals surface area contributed by atoms with Crippen molar-refractivity contribution in [1.82, 2.24) is 14.6 Å². The minimum atomic E-state index is -3.52. The maximum absolute atomic E-state index is 13.1. The first-order valence-electron chi connectivity index (χ1n) is 10.2. The molecule has 0 bridgehead atoms. The molecule has 1 saturated heterocycles. The van der Waals surface area contributed by atoms with Crippen LogP contribution < -0.4 is 5.32 Å². The molecule has 148 valence electrons. The van der Waals surface area contributed by atoms with E-state index < -0.39 is 10.0 Å². The Kier molecular flexibility index (Phi) is 5.25. The van der Waals surface area contributed by atoms with Crippen LogP contribution in [-0.4, -0.2) is 42.7 Å². The van der Waals surface area contributed by atoms with Gasteiger partial charge in [-0.1, -0.05) is 19.3 Å². The third-order valence-electron chi connectivity index (χ3n) is 6.57. The van der Waals surface area contributed by atoms with Crippen LogP contribution in [0, 0.1) is 11.3 Å². The molecular weight excluding hydrogens is 362 g/mol. The molecule has 7 heteroatoms. The molecule has 1 aliphatic heterocycles. The Hall–Kier alpha value is -1.47. The lowest BCUT2D eigenvalue weighted by molar-refractivity contribution is -0.121. The van der Waals surface area contributed by atoms with Gasteiger partial charge in [-0.15, -0.1) is 0 Å². The predicted molar refractivity (Wildman–Crippen MR) is 102 cm³/mol. The number of aromatic nitrogens is 1. The molecule has 4 rings (SSSR count). The molecule has 0 radical (unpaired) electrons. The molecule has 1 atom stereocenters. The van der Waals surface area contributed by atoms with Gasteiger partial charge in [0.2, 0.25) is 15.9 Å². The van der Waals surface area contributed by atoms with Gasteiger partial charge in [-0.25, -0.2) is 8.42 Å². The average molecular weight is 392 g/mol. The van der Waals surface area contributed by atoms with E-state index in [9.17, 15) is 13.2 Å². The molecule has 1 amide bonds. The SMILES string of the molecule is O=C(CCC1CN(S(=O)(=O)c2cccnc2)CC12CCCCC2)NC1CC1. The van der Waals surface area contributed by atoms with Crippen molar-refractivity contribution >= 4 is 15.9 Å². The van der Waals surface area contributed by atoms with Crippen molar-refractivity contribution in [1.29, 1.82) is 0 Å². The van der Waals surface area contributed by atoms with Crippen molar-refractivity contribution < 1.29 is 13.2 Å². The molecule has 1 unspecified atom stereocenters. The Bertz CT molecular complexity index is 771. The van der Waals surface area contributed by atoms with Crippen molar-refractivity contribution in [2.24, 2.45) is 11.3 Å². The van der Waals surface area contributed by atoms with Crippen LogP contribution in [0.15, 0.2) is 29.4 Å². The number of carbonyl (C=O) groups excluding carboxylic acids is 1. The fourth-order valence-corrected chi connectivity index (χ4v) is 6.41. The van der Waals surface area contributed by atoms with Crippen LogP contribution in [0.25, 0.3) is 0 Å². The van der Waals surface area contributed by atoms with E-state index in [-0.39, 0.29) is 22.1 Å². The highest BCUT2D eigenvalue weighted by Gasteiger charge is 2.49. The van der Waals surface area contributed by atoms with Gasteiger partial charge in [-0.05, 0) is 55.6 Å². The van der Waals surface area contributed by atoms with Gasteiger partial charge < -0.3 is 5.32 Å². The molecule has 2 saturated carbocycles. The summed E-state index contributed by atoms with van der Waals surface area (Å²) in [7, 11) is -3.52. The van der Waals surface area contributed by atoms with E-state index in [4.69, 9.17) is 0 Å². The predicted octanol–water partition coefficient (Wildman–Crippen LogP) is 2.71. The van der Waals surface area contributed by atoms with Crippen molar-refractivity contribution in [3.05, 3.63) is 24.5 Å². The van der Waals surface area contributed by atoms with Crippen LogP contribution in [-0.2, 0) is 14.8 Å². The lowest BCUT2D eigenvalue weighted by atomic mass is 9.66. The van der Waals surface area contributed by atoms with Crippen LogP contribution in [0.4, 0.5) is 0 Å². The Morgan fingerprint density at radius 3 is 2.70 bits per heavy atom. The Morgan fingerprint density at radius 2 is 2.04 bits per heavy atom. The number of pyridine rings is 1. The van der Waals surface area contributed by atoms with E-state index in [1.165, 1.54) is 12.6 Å². The van der Waals surface area contributed by atoms with Gasteiger partial charge in [0.25, 0.3) is 0 Å². The quantitative estimate of drug-likeness (QED) is 0.809. The molecule has 1 aromatic heterocycles. The normalized spacial score (nSPS) is 25.6. The highest BCUT2D eigenvalue weighted by Crippen LogP contribution is 2.50. The summed E-state index contributed by atoms with van der Waals surface area (Å²) < 4.78 is 27.9. The fraction of sp³-hybridized carbons (Fsp3) is 0.700. The molecular formula is C20H29N3O3S. The average Bonchev–Trinajstić information content (AvgIpc) is 3.42. The standard InChI is InChI=1S/C20H29N3O3S/c24-19(22-17-7-8-17)9-6-16-14-23(15-20(16)10-2-1-3-11-20)27(25,26)18-5-4-12-21-13-18/h4-5,12-13,16-17H,1-3,6-11,14-15H2,(H,22,24). The van der Waals surface area contributed by atoms with Gasteiger partial charge in [-0.3, -0.25) is 9.78 Å². The number of nitrogens with one attached hydrogen (secondary N) is 1. The first-order valence-corrected chi connectivity index (χ1v) is 11.6. The molecule has 27 heavy (non-hydrogen) atoms. The van der Waals surface area contributed by atoms with Gasteiger partial charge in [0.1, 0.15) is 4.90 Å². The van der Waals surface area contributed by atoms with Gasteiger partial charge in [0.05, 0.1) is 0 Å². The lowest BCUT2D eigenvalue weighted by Gasteiger charge is -2.38. The maximum Gasteiger partial charge on any atom is 0.244 e.